The Morgan fingerprint density at radius 3 is 2.33 bits per heavy atom. The van der Waals surface area contributed by atoms with E-state index in [2.05, 4.69) is 20.8 Å². The summed E-state index contributed by atoms with van der Waals surface area (Å²) in [6, 6.07) is 0. The topological polar surface area (TPSA) is 46.2 Å². The molecule has 1 rings (SSSR count). The standard InChI is InChI=1S/C10H21NO/c1-4-9(3,7-11)10(12)5-8(2)6-10/h8,12H,4-7,11H2,1-3H3. The highest BCUT2D eigenvalue weighted by Crippen LogP contribution is 2.50. The van der Waals surface area contributed by atoms with Crippen LogP contribution in [0.3, 0.4) is 0 Å². The van der Waals surface area contributed by atoms with Gasteiger partial charge in [0.25, 0.3) is 0 Å². The van der Waals surface area contributed by atoms with E-state index in [0.29, 0.717) is 12.5 Å². The summed E-state index contributed by atoms with van der Waals surface area (Å²) in [4.78, 5) is 0. The molecule has 1 saturated carbocycles. The van der Waals surface area contributed by atoms with E-state index in [9.17, 15) is 5.11 Å². The largest absolute Gasteiger partial charge is 0.389 e. The van der Waals surface area contributed by atoms with Crippen molar-refractivity contribution >= 4 is 0 Å². The highest BCUT2D eigenvalue weighted by molar-refractivity contribution is 5.04. The predicted molar refractivity (Wildman–Crippen MR) is 50.8 cm³/mol. The van der Waals surface area contributed by atoms with Crippen LogP contribution >= 0.6 is 0 Å². The summed E-state index contributed by atoms with van der Waals surface area (Å²) >= 11 is 0. The Balaban J connectivity index is 2.66. The number of rotatable bonds is 3. The third kappa shape index (κ3) is 1.27. The van der Waals surface area contributed by atoms with E-state index in [1.807, 2.05) is 0 Å². The maximum absolute atomic E-state index is 10.2. The summed E-state index contributed by atoms with van der Waals surface area (Å²) in [5, 5.41) is 10.2. The molecule has 0 saturated heterocycles. The summed E-state index contributed by atoms with van der Waals surface area (Å²) in [6.45, 7) is 6.97. The molecule has 0 aliphatic heterocycles. The zero-order valence-corrected chi connectivity index (χ0v) is 8.43. The van der Waals surface area contributed by atoms with Gasteiger partial charge in [-0.2, -0.15) is 0 Å². The van der Waals surface area contributed by atoms with E-state index in [-0.39, 0.29) is 5.41 Å². The summed E-state index contributed by atoms with van der Waals surface area (Å²) in [5.41, 5.74) is 5.15. The predicted octanol–water partition coefficient (Wildman–Crippen LogP) is 1.52. The van der Waals surface area contributed by atoms with Gasteiger partial charge in [-0.05, 0) is 25.2 Å². The van der Waals surface area contributed by atoms with Gasteiger partial charge < -0.3 is 10.8 Å². The molecule has 0 spiro atoms. The van der Waals surface area contributed by atoms with E-state index in [0.717, 1.165) is 19.3 Å². The first-order chi connectivity index (χ1) is 5.47. The van der Waals surface area contributed by atoms with Crippen molar-refractivity contribution in [1.29, 1.82) is 0 Å². The number of hydrogen-bond donors (Lipinski definition) is 2. The number of nitrogens with two attached hydrogens (primary N) is 1. The quantitative estimate of drug-likeness (QED) is 0.676. The highest BCUT2D eigenvalue weighted by atomic mass is 16.3. The van der Waals surface area contributed by atoms with E-state index in [1.54, 1.807) is 0 Å². The van der Waals surface area contributed by atoms with Gasteiger partial charge in [-0.1, -0.05) is 20.8 Å². The zero-order valence-electron chi connectivity index (χ0n) is 8.43. The summed E-state index contributed by atoms with van der Waals surface area (Å²) in [6.07, 6.45) is 2.82. The van der Waals surface area contributed by atoms with Gasteiger partial charge in [0.15, 0.2) is 0 Å². The SMILES string of the molecule is CCC(C)(CN)C1(O)CC(C)C1. The molecule has 1 aliphatic rings. The molecule has 1 fully saturated rings. The van der Waals surface area contributed by atoms with Gasteiger partial charge in [-0.3, -0.25) is 0 Å². The second-order valence-electron chi connectivity index (χ2n) is 4.66. The third-order valence-electron chi connectivity index (χ3n) is 3.73. The fourth-order valence-electron chi connectivity index (χ4n) is 2.25. The van der Waals surface area contributed by atoms with Crippen LogP contribution in [0.4, 0.5) is 0 Å². The van der Waals surface area contributed by atoms with Crippen LogP contribution in [-0.2, 0) is 0 Å². The normalized spacial score (nSPS) is 40.2. The van der Waals surface area contributed by atoms with Crippen molar-refractivity contribution < 1.29 is 5.11 Å². The second-order valence-corrected chi connectivity index (χ2v) is 4.66. The van der Waals surface area contributed by atoms with Crippen LogP contribution in [0, 0.1) is 11.3 Å². The molecule has 1 aliphatic carbocycles. The minimum absolute atomic E-state index is 0.0699. The van der Waals surface area contributed by atoms with Gasteiger partial charge in [0, 0.05) is 12.0 Å². The van der Waals surface area contributed by atoms with Crippen LogP contribution in [0.25, 0.3) is 0 Å². The van der Waals surface area contributed by atoms with Crippen LogP contribution < -0.4 is 5.73 Å². The molecule has 12 heavy (non-hydrogen) atoms. The van der Waals surface area contributed by atoms with Crippen molar-refractivity contribution in [2.45, 2.75) is 45.6 Å². The Hall–Kier alpha value is -0.0800. The number of aliphatic hydroxyl groups is 1. The van der Waals surface area contributed by atoms with Crippen molar-refractivity contribution in [1.82, 2.24) is 0 Å². The molecule has 0 aromatic carbocycles. The molecule has 0 heterocycles. The Morgan fingerprint density at radius 1 is 1.58 bits per heavy atom. The molecule has 2 nitrogen and oxygen atoms in total. The fourth-order valence-corrected chi connectivity index (χ4v) is 2.25. The summed E-state index contributed by atoms with van der Waals surface area (Å²) < 4.78 is 0. The molecular weight excluding hydrogens is 150 g/mol. The van der Waals surface area contributed by atoms with Crippen molar-refractivity contribution in [2.24, 2.45) is 17.1 Å². The van der Waals surface area contributed by atoms with Gasteiger partial charge in [0.05, 0.1) is 5.60 Å². The monoisotopic (exact) mass is 171 g/mol. The Labute approximate surface area is 75.2 Å². The molecule has 0 radical (unpaired) electrons. The first kappa shape index (κ1) is 10.0. The molecule has 3 N–H and O–H groups in total. The van der Waals surface area contributed by atoms with E-state index < -0.39 is 5.60 Å². The molecule has 0 bridgehead atoms. The van der Waals surface area contributed by atoms with Crippen molar-refractivity contribution in [3.63, 3.8) is 0 Å². The fraction of sp³-hybridized carbons (Fsp3) is 1.00. The Kier molecular flexibility index (Phi) is 2.50. The average molecular weight is 171 g/mol. The summed E-state index contributed by atoms with van der Waals surface area (Å²) in [7, 11) is 0. The molecular formula is C10H21NO. The first-order valence-electron chi connectivity index (χ1n) is 4.90. The van der Waals surface area contributed by atoms with Crippen LogP contribution in [0.15, 0.2) is 0 Å². The van der Waals surface area contributed by atoms with Crippen LogP contribution in [0.2, 0.25) is 0 Å². The van der Waals surface area contributed by atoms with Crippen LogP contribution in [-0.4, -0.2) is 17.3 Å². The third-order valence-corrected chi connectivity index (χ3v) is 3.73. The highest BCUT2D eigenvalue weighted by Gasteiger charge is 2.51. The van der Waals surface area contributed by atoms with Crippen molar-refractivity contribution in [3.8, 4) is 0 Å². The Bertz CT molecular complexity index is 157. The van der Waals surface area contributed by atoms with E-state index >= 15 is 0 Å². The summed E-state index contributed by atoms with van der Waals surface area (Å²) in [5.74, 6) is 0.674. The molecule has 1 unspecified atom stereocenters. The minimum atomic E-state index is -0.476. The van der Waals surface area contributed by atoms with Gasteiger partial charge in [-0.15, -0.1) is 0 Å². The smallest absolute Gasteiger partial charge is 0.0718 e. The lowest BCUT2D eigenvalue weighted by Crippen LogP contribution is -2.57. The number of hydrogen-bond acceptors (Lipinski definition) is 2. The van der Waals surface area contributed by atoms with Crippen molar-refractivity contribution in [2.75, 3.05) is 6.54 Å². The maximum Gasteiger partial charge on any atom is 0.0718 e. The van der Waals surface area contributed by atoms with E-state index in [1.165, 1.54) is 0 Å². The van der Waals surface area contributed by atoms with Crippen molar-refractivity contribution in [3.05, 3.63) is 0 Å². The lowest BCUT2D eigenvalue weighted by Gasteiger charge is -2.53. The molecule has 0 amide bonds. The van der Waals surface area contributed by atoms with Crippen LogP contribution in [0.1, 0.15) is 40.0 Å². The van der Waals surface area contributed by atoms with Gasteiger partial charge in [0.2, 0.25) is 0 Å². The molecule has 0 aromatic rings. The van der Waals surface area contributed by atoms with Gasteiger partial charge in [-0.25, -0.2) is 0 Å². The molecule has 1 atom stereocenters. The van der Waals surface area contributed by atoms with Gasteiger partial charge >= 0.3 is 0 Å². The second kappa shape index (κ2) is 3.00. The molecule has 72 valence electrons. The van der Waals surface area contributed by atoms with E-state index in [4.69, 9.17) is 5.73 Å². The maximum atomic E-state index is 10.2. The lowest BCUT2D eigenvalue weighted by atomic mass is 9.57. The molecule has 0 aromatic heterocycles. The first-order valence-corrected chi connectivity index (χ1v) is 4.90. The zero-order chi connectivity index (χ0) is 9.41. The average Bonchev–Trinajstić information content (AvgIpc) is 2.00. The lowest BCUT2D eigenvalue weighted by molar-refractivity contribution is -0.155. The minimum Gasteiger partial charge on any atom is -0.389 e. The Morgan fingerprint density at radius 2 is 2.08 bits per heavy atom. The van der Waals surface area contributed by atoms with Crippen LogP contribution in [0.5, 0.6) is 0 Å². The molecule has 2 heteroatoms. The van der Waals surface area contributed by atoms with Gasteiger partial charge in [0.1, 0.15) is 0 Å².